The third-order valence-corrected chi connectivity index (χ3v) is 1.87. The molecule has 0 spiro atoms. The Labute approximate surface area is 81.6 Å². The van der Waals surface area contributed by atoms with Gasteiger partial charge in [-0.2, -0.15) is 0 Å². The molecule has 0 aliphatic heterocycles. The number of hydrogen-bond acceptors (Lipinski definition) is 2. The average molecular weight is 347 g/mol. The first-order chi connectivity index (χ1) is 3.80. The van der Waals surface area contributed by atoms with Crippen molar-refractivity contribution in [2.24, 2.45) is 11.5 Å². The minimum absolute atomic E-state index is 0. The van der Waals surface area contributed by atoms with E-state index in [9.17, 15) is 0 Å². The van der Waals surface area contributed by atoms with Crippen LogP contribution in [0.4, 0.5) is 0 Å². The molecule has 0 unspecified atom stereocenters. The van der Waals surface area contributed by atoms with Crippen LogP contribution in [-0.4, -0.2) is 12.1 Å². The summed E-state index contributed by atoms with van der Waals surface area (Å²) in [5, 5.41) is 0. The molecule has 1 saturated carbocycles. The molecule has 2 atom stereocenters. The van der Waals surface area contributed by atoms with Gasteiger partial charge in [-0.05, 0) is 12.8 Å². The van der Waals surface area contributed by atoms with Crippen LogP contribution in [0.5, 0.6) is 0 Å². The molecule has 1 fully saturated rings. The molecule has 0 aromatic heterocycles. The minimum atomic E-state index is 0. The van der Waals surface area contributed by atoms with E-state index < -0.39 is 0 Å². The smallest absolute Gasteiger partial charge is 0.0192 e. The van der Waals surface area contributed by atoms with Crippen molar-refractivity contribution < 1.29 is 32.0 Å². The molecular weight excluding hydrogens is 327 g/mol. The molecule has 0 bridgehead atoms. The number of hydrogen-bond donors (Lipinski definition) is 2. The van der Waals surface area contributed by atoms with Crippen molar-refractivity contribution in [3.05, 3.63) is 0 Å². The zero-order valence-electron chi connectivity index (χ0n) is 6.61. The van der Waals surface area contributed by atoms with Crippen LogP contribution >= 0.6 is 0 Å². The molecule has 10 N–H and O–H groups in total. The molecule has 1 aliphatic carbocycles. The van der Waals surface area contributed by atoms with E-state index in [-0.39, 0.29) is 44.1 Å². The van der Waals surface area contributed by atoms with Crippen LogP contribution in [0.25, 0.3) is 0 Å². The summed E-state index contributed by atoms with van der Waals surface area (Å²) in [5.74, 6) is 0. The van der Waals surface area contributed by atoms with Crippen LogP contribution in [0.15, 0.2) is 0 Å². The second-order valence-corrected chi connectivity index (χ2v) is 2.61. The SMILES string of the molecule is N[C@@H]1CCCC[C@H]1N.[OH3+].[OH3+].[Pt]. The zero-order chi connectivity index (χ0) is 5.98. The van der Waals surface area contributed by atoms with Crippen LogP contribution < -0.4 is 11.5 Å². The third-order valence-electron chi connectivity index (χ3n) is 1.87. The first-order valence-corrected chi connectivity index (χ1v) is 3.32. The summed E-state index contributed by atoms with van der Waals surface area (Å²) in [5.41, 5.74) is 11.3. The Balaban J connectivity index is -0.000000213. The maximum atomic E-state index is 5.65. The Kier molecular flexibility index (Phi) is 13.8. The van der Waals surface area contributed by atoms with E-state index in [1.807, 2.05) is 0 Å². The Morgan fingerprint density at radius 2 is 1.09 bits per heavy atom. The average Bonchev–Trinajstić information content (AvgIpc) is 1.77. The standard InChI is InChI=1S/C6H14N2.2H2O.Pt/c7-5-3-1-2-4-6(5)8;;;/h5-6H,1-4,7-8H2;2*1H2;/p+2/t5-,6-;;;/m1.../s1. The van der Waals surface area contributed by atoms with Crippen molar-refractivity contribution >= 4 is 0 Å². The quantitative estimate of drug-likeness (QED) is 0.512. The summed E-state index contributed by atoms with van der Waals surface area (Å²) in [7, 11) is 0. The zero-order valence-corrected chi connectivity index (χ0v) is 8.88. The molecule has 11 heavy (non-hydrogen) atoms. The third kappa shape index (κ3) is 5.76. The topological polar surface area (TPSA) is 118 Å². The Bertz CT molecular complexity index is 75.0. The summed E-state index contributed by atoms with van der Waals surface area (Å²) in [4.78, 5) is 0. The van der Waals surface area contributed by atoms with Gasteiger partial charge in [0.1, 0.15) is 0 Å². The summed E-state index contributed by atoms with van der Waals surface area (Å²) in [6, 6.07) is 0.562. The van der Waals surface area contributed by atoms with Gasteiger partial charge in [0, 0.05) is 33.1 Å². The van der Waals surface area contributed by atoms with Crippen molar-refractivity contribution in [2.45, 2.75) is 37.8 Å². The molecule has 5 heteroatoms. The fourth-order valence-electron chi connectivity index (χ4n) is 1.19. The van der Waals surface area contributed by atoms with Gasteiger partial charge in [0.25, 0.3) is 0 Å². The van der Waals surface area contributed by atoms with Gasteiger partial charge in [-0.1, -0.05) is 12.8 Å². The Morgan fingerprint density at radius 1 is 0.818 bits per heavy atom. The molecule has 1 rings (SSSR count). The predicted octanol–water partition coefficient (Wildman–Crippen LogP) is -1.63. The van der Waals surface area contributed by atoms with Crippen LogP contribution in [0, 0.1) is 0 Å². The van der Waals surface area contributed by atoms with Crippen molar-refractivity contribution in [2.75, 3.05) is 0 Å². The van der Waals surface area contributed by atoms with Gasteiger partial charge in [0.15, 0.2) is 0 Å². The fraction of sp³-hybridized carbons (Fsp3) is 1.00. The predicted molar refractivity (Wildman–Crippen MR) is 44.2 cm³/mol. The molecular formula is C6H20N2O2Pt+2. The van der Waals surface area contributed by atoms with Gasteiger partial charge >= 0.3 is 0 Å². The second kappa shape index (κ2) is 8.62. The Morgan fingerprint density at radius 3 is 1.27 bits per heavy atom. The van der Waals surface area contributed by atoms with Crippen molar-refractivity contribution in [1.29, 1.82) is 0 Å². The van der Waals surface area contributed by atoms with E-state index in [1.54, 1.807) is 0 Å². The molecule has 0 aromatic rings. The molecule has 0 aromatic carbocycles. The van der Waals surface area contributed by atoms with Gasteiger partial charge in [0.05, 0.1) is 0 Å². The van der Waals surface area contributed by atoms with E-state index in [2.05, 4.69) is 0 Å². The largest absolute Gasteiger partial charge is 0.457 e. The maximum Gasteiger partial charge on any atom is 0.0192 e. The van der Waals surface area contributed by atoms with E-state index in [4.69, 9.17) is 11.5 Å². The van der Waals surface area contributed by atoms with Crippen LogP contribution in [0.1, 0.15) is 25.7 Å². The minimum Gasteiger partial charge on any atom is -0.457 e. The van der Waals surface area contributed by atoms with Crippen molar-refractivity contribution in [1.82, 2.24) is 0 Å². The summed E-state index contributed by atoms with van der Waals surface area (Å²) < 4.78 is 0. The monoisotopic (exact) mass is 347 g/mol. The van der Waals surface area contributed by atoms with Gasteiger partial charge in [0.2, 0.25) is 0 Å². The molecule has 0 radical (unpaired) electrons. The maximum absolute atomic E-state index is 5.65. The Hall–Kier alpha value is 0.528. The van der Waals surface area contributed by atoms with Crippen LogP contribution in [-0.2, 0) is 32.0 Å². The van der Waals surface area contributed by atoms with E-state index in [0.29, 0.717) is 0 Å². The molecule has 0 amide bonds. The first kappa shape index (κ1) is 17.6. The van der Waals surface area contributed by atoms with E-state index in [0.717, 1.165) is 12.8 Å². The first-order valence-electron chi connectivity index (χ1n) is 3.32. The summed E-state index contributed by atoms with van der Waals surface area (Å²) >= 11 is 0. The summed E-state index contributed by atoms with van der Waals surface area (Å²) in [6.45, 7) is 0. The summed E-state index contributed by atoms with van der Waals surface area (Å²) in [6.07, 6.45) is 4.80. The van der Waals surface area contributed by atoms with E-state index >= 15 is 0 Å². The van der Waals surface area contributed by atoms with Gasteiger partial charge < -0.3 is 22.4 Å². The van der Waals surface area contributed by atoms with Gasteiger partial charge in [-0.3, -0.25) is 0 Å². The molecule has 1 aliphatic rings. The van der Waals surface area contributed by atoms with Gasteiger partial charge in [-0.15, -0.1) is 0 Å². The van der Waals surface area contributed by atoms with Crippen molar-refractivity contribution in [3.63, 3.8) is 0 Å². The van der Waals surface area contributed by atoms with Gasteiger partial charge in [-0.25, -0.2) is 0 Å². The van der Waals surface area contributed by atoms with Crippen molar-refractivity contribution in [3.8, 4) is 0 Å². The number of rotatable bonds is 0. The molecule has 0 saturated heterocycles. The molecule has 0 heterocycles. The number of nitrogens with two attached hydrogens (primary N) is 2. The van der Waals surface area contributed by atoms with Crippen LogP contribution in [0.2, 0.25) is 0 Å². The molecule has 4 nitrogen and oxygen atoms in total. The normalized spacial score (nSPS) is 28.9. The fourth-order valence-corrected chi connectivity index (χ4v) is 1.19. The van der Waals surface area contributed by atoms with E-state index in [1.165, 1.54) is 12.8 Å². The van der Waals surface area contributed by atoms with Crippen LogP contribution in [0.3, 0.4) is 0 Å². The molecule has 74 valence electrons. The second-order valence-electron chi connectivity index (χ2n) is 2.61.